The number of ether oxygens (including phenoxy) is 1. The van der Waals surface area contributed by atoms with Crippen molar-refractivity contribution in [2.24, 2.45) is 0 Å². The standard InChI is InChI=1S/C16H23BN2O5S/c1-13(20)14-3-5-15(6-4-14)25(22,23)19-11-12-24-16(19)7-9-18(10-8-16)17(2)21/h3-6,21H,7-12H2,1-2H3. The molecule has 25 heavy (non-hydrogen) atoms. The van der Waals surface area contributed by atoms with Crippen molar-refractivity contribution in [3.8, 4) is 0 Å². The van der Waals surface area contributed by atoms with Crippen LogP contribution >= 0.6 is 0 Å². The van der Waals surface area contributed by atoms with E-state index in [1.165, 1.54) is 35.5 Å². The van der Waals surface area contributed by atoms with Crippen LogP contribution in [0.2, 0.25) is 6.82 Å². The SMILES string of the molecule is CB(O)N1CCC2(CC1)OCCN2S(=O)(=O)c1ccc(C(C)=O)cc1. The van der Waals surface area contributed by atoms with Crippen LogP contribution in [0.1, 0.15) is 30.1 Å². The minimum atomic E-state index is -3.71. The Morgan fingerprint density at radius 1 is 1.20 bits per heavy atom. The Bertz CT molecular complexity index is 742. The lowest BCUT2D eigenvalue weighted by Gasteiger charge is -2.43. The molecule has 0 aromatic heterocycles. The largest absolute Gasteiger partial charge is 0.437 e. The van der Waals surface area contributed by atoms with Crippen LogP contribution in [0.5, 0.6) is 0 Å². The predicted molar refractivity (Wildman–Crippen MR) is 93.7 cm³/mol. The van der Waals surface area contributed by atoms with Gasteiger partial charge in [0.1, 0.15) is 5.72 Å². The van der Waals surface area contributed by atoms with Crippen molar-refractivity contribution in [2.45, 2.75) is 37.2 Å². The van der Waals surface area contributed by atoms with Crippen LogP contribution in [0.15, 0.2) is 29.2 Å². The number of hydrogen-bond donors (Lipinski definition) is 1. The van der Waals surface area contributed by atoms with Gasteiger partial charge in [-0.25, -0.2) is 8.42 Å². The second-order valence-electron chi connectivity index (χ2n) is 6.62. The van der Waals surface area contributed by atoms with E-state index >= 15 is 0 Å². The quantitative estimate of drug-likeness (QED) is 0.627. The van der Waals surface area contributed by atoms with Gasteiger partial charge < -0.3 is 14.6 Å². The lowest BCUT2D eigenvalue weighted by atomic mass is 9.81. The monoisotopic (exact) mass is 366 g/mol. The van der Waals surface area contributed by atoms with Crippen LogP contribution in [0.4, 0.5) is 0 Å². The summed E-state index contributed by atoms with van der Waals surface area (Å²) >= 11 is 0. The summed E-state index contributed by atoms with van der Waals surface area (Å²) in [7, 11) is -4.26. The summed E-state index contributed by atoms with van der Waals surface area (Å²) < 4.78 is 33.5. The molecule has 2 heterocycles. The lowest BCUT2D eigenvalue weighted by molar-refractivity contribution is -0.0825. The molecule has 0 bridgehead atoms. The topological polar surface area (TPSA) is 87.2 Å². The second kappa shape index (κ2) is 6.81. The average Bonchev–Trinajstić information content (AvgIpc) is 2.99. The molecule has 1 aromatic rings. The third-order valence-corrected chi connectivity index (χ3v) is 7.04. The number of carbonyl (C=O) groups excluding carboxylic acids is 1. The van der Waals surface area contributed by atoms with E-state index in [0.29, 0.717) is 44.6 Å². The number of hydrogen-bond acceptors (Lipinski definition) is 6. The molecule has 0 saturated carbocycles. The highest BCUT2D eigenvalue weighted by Crippen LogP contribution is 2.38. The fourth-order valence-corrected chi connectivity index (χ4v) is 5.29. The molecule has 1 N–H and O–H groups in total. The Kier molecular flexibility index (Phi) is 5.05. The van der Waals surface area contributed by atoms with E-state index in [-0.39, 0.29) is 10.7 Å². The van der Waals surface area contributed by atoms with Crippen LogP contribution in [0, 0.1) is 0 Å². The van der Waals surface area contributed by atoms with Gasteiger partial charge in [-0.2, -0.15) is 4.31 Å². The molecule has 2 aliphatic rings. The number of carbonyl (C=O) groups is 1. The van der Waals surface area contributed by atoms with Gasteiger partial charge >= 0.3 is 7.05 Å². The summed E-state index contributed by atoms with van der Waals surface area (Å²) in [5.74, 6) is -0.101. The molecule has 136 valence electrons. The summed E-state index contributed by atoms with van der Waals surface area (Å²) in [4.78, 5) is 13.5. The first kappa shape index (κ1) is 18.5. The maximum Gasteiger partial charge on any atom is 0.376 e. The Labute approximate surface area is 148 Å². The van der Waals surface area contributed by atoms with Crippen LogP contribution in [0.3, 0.4) is 0 Å². The third kappa shape index (κ3) is 3.39. The number of ketones is 1. The number of nitrogens with zero attached hydrogens (tertiary/aromatic N) is 2. The van der Waals surface area contributed by atoms with Gasteiger partial charge in [-0.3, -0.25) is 4.79 Å². The van der Waals surface area contributed by atoms with Crippen molar-refractivity contribution >= 4 is 22.9 Å². The molecule has 0 radical (unpaired) electrons. The van der Waals surface area contributed by atoms with E-state index in [9.17, 15) is 18.2 Å². The van der Waals surface area contributed by atoms with Crippen LogP contribution in [-0.2, 0) is 14.8 Å². The molecular formula is C16H23BN2O5S. The highest BCUT2D eigenvalue weighted by atomic mass is 32.2. The smallest absolute Gasteiger partial charge is 0.376 e. The van der Waals surface area contributed by atoms with E-state index in [4.69, 9.17) is 4.74 Å². The van der Waals surface area contributed by atoms with Crippen LogP contribution in [0.25, 0.3) is 0 Å². The van der Waals surface area contributed by atoms with Gasteiger partial charge in [0, 0.05) is 24.9 Å². The molecule has 7 nitrogen and oxygen atoms in total. The van der Waals surface area contributed by atoms with Gasteiger partial charge in [-0.15, -0.1) is 0 Å². The number of rotatable bonds is 4. The van der Waals surface area contributed by atoms with Crippen molar-refractivity contribution in [3.63, 3.8) is 0 Å². The Morgan fingerprint density at radius 2 is 1.80 bits per heavy atom. The zero-order chi connectivity index (χ0) is 18.2. The molecule has 2 saturated heterocycles. The van der Waals surface area contributed by atoms with Gasteiger partial charge in [0.05, 0.1) is 11.5 Å². The molecule has 2 fully saturated rings. The molecule has 0 atom stereocenters. The minimum Gasteiger partial charge on any atom is -0.437 e. The Morgan fingerprint density at radius 3 is 2.32 bits per heavy atom. The molecule has 9 heteroatoms. The van der Waals surface area contributed by atoms with E-state index in [0.717, 1.165) is 0 Å². The molecule has 0 amide bonds. The molecule has 1 aromatic carbocycles. The maximum atomic E-state index is 13.1. The predicted octanol–water partition coefficient (Wildman–Crippen LogP) is 0.812. The van der Waals surface area contributed by atoms with Gasteiger partial charge in [0.15, 0.2) is 5.78 Å². The summed E-state index contributed by atoms with van der Waals surface area (Å²) in [6, 6.07) is 6.02. The Hall–Kier alpha value is -1.26. The number of benzene rings is 1. The minimum absolute atomic E-state index is 0.101. The van der Waals surface area contributed by atoms with E-state index in [1.807, 2.05) is 4.81 Å². The van der Waals surface area contributed by atoms with E-state index < -0.39 is 22.8 Å². The third-order valence-electron chi connectivity index (χ3n) is 5.08. The fourth-order valence-electron chi connectivity index (χ4n) is 3.56. The zero-order valence-corrected chi connectivity index (χ0v) is 15.3. The number of sulfonamides is 1. The Balaban J connectivity index is 1.85. The highest BCUT2D eigenvalue weighted by Gasteiger charge is 2.50. The van der Waals surface area contributed by atoms with E-state index in [2.05, 4.69) is 0 Å². The molecule has 2 aliphatic heterocycles. The fraction of sp³-hybridized carbons (Fsp3) is 0.562. The molecular weight excluding hydrogens is 343 g/mol. The first-order valence-corrected chi connectivity index (χ1v) is 9.90. The van der Waals surface area contributed by atoms with Crippen molar-refractivity contribution < 1.29 is 23.0 Å². The normalized spacial score (nSPS) is 21.6. The van der Waals surface area contributed by atoms with Crippen molar-refractivity contribution in [1.29, 1.82) is 0 Å². The summed E-state index contributed by atoms with van der Waals surface area (Å²) in [5.41, 5.74) is -0.361. The summed E-state index contributed by atoms with van der Waals surface area (Å²) in [5, 5.41) is 9.71. The van der Waals surface area contributed by atoms with Gasteiger partial charge in [0.25, 0.3) is 0 Å². The average molecular weight is 366 g/mol. The highest BCUT2D eigenvalue weighted by molar-refractivity contribution is 7.89. The van der Waals surface area contributed by atoms with Crippen LogP contribution < -0.4 is 0 Å². The van der Waals surface area contributed by atoms with Gasteiger partial charge in [-0.05, 0) is 39.0 Å². The van der Waals surface area contributed by atoms with Crippen molar-refractivity contribution in [1.82, 2.24) is 9.12 Å². The van der Waals surface area contributed by atoms with Gasteiger partial charge in [-0.1, -0.05) is 12.1 Å². The molecule has 3 rings (SSSR count). The van der Waals surface area contributed by atoms with Crippen molar-refractivity contribution in [2.75, 3.05) is 26.2 Å². The first-order chi connectivity index (χ1) is 11.8. The first-order valence-electron chi connectivity index (χ1n) is 8.46. The summed E-state index contributed by atoms with van der Waals surface area (Å²) in [6.45, 7) is 4.98. The number of Topliss-reactive ketones (excluding diaryl/α,β-unsaturated/α-hetero) is 1. The van der Waals surface area contributed by atoms with Crippen LogP contribution in [-0.4, -0.2) is 67.4 Å². The summed E-state index contributed by atoms with van der Waals surface area (Å²) in [6.07, 6.45) is 1.03. The molecule has 0 aliphatic carbocycles. The van der Waals surface area contributed by atoms with Crippen molar-refractivity contribution in [3.05, 3.63) is 29.8 Å². The van der Waals surface area contributed by atoms with Gasteiger partial charge in [0.2, 0.25) is 10.0 Å². The zero-order valence-electron chi connectivity index (χ0n) is 14.5. The number of piperidine rings is 1. The van der Waals surface area contributed by atoms with E-state index in [1.54, 1.807) is 6.82 Å². The maximum absolute atomic E-state index is 13.1. The lowest BCUT2D eigenvalue weighted by Crippen LogP contribution is -2.56. The molecule has 1 spiro atoms. The molecule has 0 unspecified atom stereocenters. The second-order valence-corrected chi connectivity index (χ2v) is 8.48.